The van der Waals surface area contributed by atoms with Gasteiger partial charge in [0, 0.05) is 17.6 Å². The number of halogens is 1. The monoisotopic (exact) mass is 270 g/mol. The maximum absolute atomic E-state index is 11.9. The zero-order valence-corrected chi connectivity index (χ0v) is 11.6. The molecular formula is C13H19ClN2O2. The number of carbonyl (C=O) groups excluding carboxylic acids is 2. The van der Waals surface area contributed by atoms with Gasteiger partial charge in [-0.1, -0.05) is 18.2 Å². The second kappa shape index (κ2) is 6.52. The molecular weight excluding hydrogens is 252 g/mol. The SMILES string of the molecule is CC(=O)c1ccccc1C(=O)NCC(C)(C)N.Cl. The van der Waals surface area contributed by atoms with Gasteiger partial charge in [-0.3, -0.25) is 9.59 Å². The van der Waals surface area contributed by atoms with Gasteiger partial charge in [-0.25, -0.2) is 0 Å². The molecule has 5 heteroatoms. The molecule has 1 aromatic rings. The molecule has 1 amide bonds. The lowest BCUT2D eigenvalue weighted by Gasteiger charge is -2.19. The molecule has 0 radical (unpaired) electrons. The molecule has 1 aromatic carbocycles. The third-order valence-electron chi connectivity index (χ3n) is 2.26. The largest absolute Gasteiger partial charge is 0.350 e. The summed E-state index contributed by atoms with van der Waals surface area (Å²) in [6.07, 6.45) is 0. The number of nitrogens with one attached hydrogen (secondary N) is 1. The van der Waals surface area contributed by atoms with Gasteiger partial charge in [-0.05, 0) is 26.8 Å². The fraction of sp³-hybridized carbons (Fsp3) is 0.385. The lowest BCUT2D eigenvalue weighted by Crippen LogP contribution is -2.45. The van der Waals surface area contributed by atoms with Crippen LogP contribution < -0.4 is 11.1 Å². The van der Waals surface area contributed by atoms with Crippen LogP contribution in [0.5, 0.6) is 0 Å². The first-order valence-corrected chi connectivity index (χ1v) is 5.48. The Hall–Kier alpha value is -1.39. The van der Waals surface area contributed by atoms with Gasteiger partial charge in [0.05, 0.1) is 5.56 Å². The quantitative estimate of drug-likeness (QED) is 0.819. The van der Waals surface area contributed by atoms with E-state index in [9.17, 15) is 9.59 Å². The third kappa shape index (κ3) is 4.85. The Labute approximate surface area is 113 Å². The van der Waals surface area contributed by atoms with Gasteiger partial charge in [0.2, 0.25) is 0 Å². The molecule has 1 rings (SSSR count). The Morgan fingerprint density at radius 3 is 2.17 bits per heavy atom. The third-order valence-corrected chi connectivity index (χ3v) is 2.26. The van der Waals surface area contributed by atoms with Crippen molar-refractivity contribution in [1.82, 2.24) is 5.32 Å². The summed E-state index contributed by atoms with van der Waals surface area (Å²) in [5, 5.41) is 2.72. The molecule has 0 heterocycles. The number of nitrogens with two attached hydrogens (primary N) is 1. The summed E-state index contributed by atoms with van der Waals surface area (Å²) in [5.41, 5.74) is 6.13. The Kier molecular flexibility index (Phi) is 6.01. The zero-order valence-electron chi connectivity index (χ0n) is 10.8. The molecule has 3 N–H and O–H groups in total. The van der Waals surface area contributed by atoms with E-state index in [-0.39, 0.29) is 24.1 Å². The molecule has 18 heavy (non-hydrogen) atoms. The lowest BCUT2D eigenvalue weighted by molar-refractivity contribution is 0.0932. The number of ketones is 1. The van der Waals surface area contributed by atoms with E-state index >= 15 is 0 Å². The summed E-state index contributed by atoms with van der Waals surface area (Å²) in [6, 6.07) is 6.75. The van der Waals surface area contributed by atoms with Crippen LogP contribution in [0.3, 0.4) is 0 Å². The van der Waals surface area contributed by atoms with Gasteiger partial charge in [-0.15, -0.1) is 12.4 Å². The number of amides is 1. The highest BCUT2D eigenvalue weighted by molar-refractivity contribution is 6.07. The van der Waals surface area contributed by atoms with Crippen LogP contribution in [0.15, 0.2) is 24.3 Å². The summed E-state index contributed by atoms with van der Waals surface area (Å²) in [5.74, 6) is -0.392. The maximum Gasteiger partial charge on any atom is 0.252 e. The molecule has 0 aliphatic heterocycles. The second-order valence-electron chi connectivity index (χ2n) is 4.77. The van der Waals surface area contributed by atoms with Crippen LogP contribution in [-0.4, -0.2) is 23.8 Å². The predicted octanol–water partition coefficient (Wildman–Crippen LogP) is 1.78. The number of Topliss-reactive ketones (excluding diaryl/α,β-unsaturated/α-hetero) is 1. The van der Waals surface area contributed by atoms with E-state index < -0.39 is 5.54 Å². The standard InChI is InChI=1S/C13H18N2O2.ClH/c1-9(16)10-6-4-5-7-11(10)12(17)15-8-13(2,3)14;/h4-7H,8,14H2,1-3H3,(H,15,17);1H. The van der Waals surface area contributed by atoms with E-state index in [2.05, 4.69) is 5.32 Å². The van der Waals surface area contributed by atoms with Crippen LogP contribution in [-0.2, 0) is 0 Å². The highest BCUT2D eigenvalue weighted by Crippen LogP contribution is 2.09. The minimum Gasteiger partial charge on any atom is -0.350 e. The first-order valence-electron chi connectivity index (χ1n) is 5.48. The van der Waals surface area contributed by atoms with Crippen molar-refractivity contribution in [2.45, 2.75) is 26.3 Å². The van der Waals surface area contributed by atoms with Gasteiger partial charge < -0.3 is 11.1 Å². The van der Waals surface area contributed by atoms with E-state index in [0.29, 0.717) is 17.7 Å². The van der Waals surface area contributed by atoms with Crippen LogP contribution in [0, 0.1) is 0 Å². The van der Waals surface area contributed by atoms with Crippen LogP contribution >= 0.6 is 12.4 Å². The molecule has 4 nitrogen and oxygen atoms in total. The average molecular weight is 271 g/mol. The number of hydrogen-bond acceptors (Lipinski definition) is 3. The van der Waals surface area contributed by atoms with Gasteiger partial charge >= 0.3 is 0 Å². The second-order valence-corrected chi connectivity index (χ2v) is 4.77. The van der Waals surface area contributed by atoms with E-state index in [0.717, 1.165) is 0 Å². The van der Waals surface area contributed by atoms with Crippen LogP contribution in [0.25, 0.3) is 0 Å². The van der Waals surface area contributed by atoms with E-state index in [1.54, 1.807) is 24.3 Å². The molecule has 0 aliphatic rings. The van der Waals surface area contributed by atoms with Crippen LogP contribution in [0.1, 0.15) is 41.5 Å². The maximum atomic E-state index is 11.9. The first-order chi connectivity index (χ1) is 7.81. The summed E-state index contributed by atoms with van der Waals surface area (Å²) >= 11 is 0. The topological polar surface area (TPSA) is 72.2 Å². The van der Waals surface area contributed by atoms with Gasteiger partial charge in [0.25, 0.3) is 5.91 Å². The molecule has 0 saturated heterocycles. The van der Waals surface area contributed by atoms with Crippen molar-refractivity contribution in [2.24, 2.45) is 5.73 Å². The molecule has 0 fully saturated rings. The molecule has 0 aliphatic carbocycles. The summed E-state index contributed by atoms with van der Waals surface area (Å²) < 4.78 is 0. The number of carbonyl (C=O) groups is 2. The molecule has 0 saturated carbocycles. The van der Waals surface area contributed by atoms with Gasteiger partial charge in [0.15, 0.2) is 5.78 Å². The van der Waals surface area contributed by atoms with E-state index in [1.807, 2.05) is 13.8 Å². The fourth-order valence-corrected chi connectivity index (χ4v) is 1.39. The van der Waals surface area contributed by atoms with Gasteiger partial charge in [-0.2, -0.15) is 0 Å². The molecule has 0 aromatic heterocycles. The number of benzene rings is 1. The number of hydrogen-bond donors (Lipinski definition) is 2. The molecule has 0 unspecified atom stereocenters. The highest BCUT2D eigenvalue weighted by Gasteiger charge is 2.16. The minimum absolute atomic E-state index is 0. The molecule has 0 spiro atoms. The van der Waals surface area contributed by atoms with Crippen LogP contribution in [0.2, 0.25) is 0 Å². The summed E-state index contributed by atoms with van der Waals surface area (Å²) in [6.45, 7) is 5.45. The Morgan fingerprint density at radius 2 is 1.72 bits per heavy atom. The Morgan fingerprint density at radius 1 is 1.22 bits per heavy atom. The van der Waals surface area contributed by atoms with E-state index in [4.69, 9.17) is 5.73 Å². The zero-order chi connectivity index (χ0) is 13.1. The van der Waals surface area contributed by atoms with Crippen molar-refractivity contribution in [2.75, 3.05) is 6.54 Å². The predicted molar refractivity (Wildman–Crippen MR) is 74.3 cm³/mol. The van der Waals surface area contributed by atoms with Gasteiger partial charge in [0.1, 0.15) is 0 Å². The molecule has 0 atom stereocenters. The van der Waals surface area contributed by atoms with Crippen molar-refractivity contribution < 1.29 is 9.59 Å². The summed E-state index contributed by atoms with van der Waals surface area (Å²) in [4.78, 5) is 23.3. The first kappa shape index (κ1) is 16.6. The van der Waals surface area contributed by atoms with Crippen molar-refractivity contribution in [3.63, 3.8) is 0 Å². The number of rotatable bonds is 4. The van der Waals surface area contributed by atoms with Crippen molar-refractivity contribution in [1.29, 1.82) is 0 Å². The minimum atomic E-state index is -0.471. The lowest BCUT2D eigenvalue weighted by atomic mass is 10.0. The summed E-state index contributed by atoms with van der Waals surface area (Å²) in [7, 11) is 0. The highest BCUT2D eigenvalue weighted by atomic mass is 35.5. The molecule has 100 valence electrons. The molecule has 0 bridgehead atoms. The van der Waals surface area contributed by atoms with Crippen LogP contribution in [0.4, 0.5) is 0 Å². The van der Waals surface area contributed by atoms with Crippen molar-refractivity contribution >= 4 is 24.1 Å². The normalized spacial score (nSPS) is 10.4. The van der Waals surface area contributed by atoms with E-state index in [1.165, 1.54) is 6.92 Å². The Bertz CT molecular complexity index is 439. The van der Waals surface area contributed by atoms with Crippen molar-refractivity contribution in [3.8, 4) is 0 Å². The van der Waals surface area contributed by atoms with Crippen molar-refractivity contribution in [3.05, 3.63) is 35.4 Å². The fourth-order valence-electron chi connectivity index (χ4n) is 1.39. The Balaban J connectivity index is 0.00000289. The average Bonchev–Trinajstić information content (AvgIpc) is 2.25. The smallest absolute Gasteiger partial charge is 0.252 e.